The maximum absolute atomic E-state index is 12.9. The summed E-state index contributed by atoms with van der Waals surface area (Å²) in [6.45, 7) is 1.73. The summed E-state index contributed by atoms with van der Waals surface area (Å²) in [7, 11) is -3.41. The standard InChI is InChI=1S/C17H16ClFN2O3S/c1-11(12-3-5-13(19)6-4-12)9-17(22)20-16-8-7-14(10-15(16)18)21-25(2,23)24/h3-10,21H,1-2H3,(H,20,22). The van der Waals surface area contributed by atoms with Crippen LogP contribution in [-0.2, 0) is 14.8 Å². The van der Waals surface area contributed by atoms with E-state index < -0.39 is 15.9 Å². The Morgan fingerprint density at radius 2 is 1.80 bits per heavy atom. The van der Waals surface area contributed by atoms with Gasteiger partial charge in [0.2, 0.25) is 15.9 Å². The minimum atomic E-state index is -3.41. The zero-order chi connectivity index (χ0) is 18.6. The van der Waals surface area contributed by atoms with E-state index in [0.717, 1.165) is 11.8 Å². The number of anilines is 2. The first-order chi connectivity index (χ1) is 11.6. The second-order valence-electron chi connectivity index (χ2n) is 5.39. The molecule has 0 saturated carbocycles. The van der Waals surface area contributed by atoms with Gasteiger partial charge in [-0.2, -0.15) is 0 Å². The third-order valence-electron chi connectivity index (χ3n) is 3.18. The van der Waals surface area contributed by atoms with E-state index in [2.05, 4.69) is 10.0 Å². The monoisotopic (exact) mass is 382 g/mol. The van der Waals surface area contributed by atoms with Crippen LogP contribution < -0.4 is 10.0 Å². The Morgan fingerprint density at radius 3 is 2.36 bits per heavy atom. The predicted molar refractivity (Wildman–Crippen MR) is 98.6 cm³/mol. The van der Waals surface area contributed by atoms with Gasteiger partial charge in [0.1, 0.15) is 5.82 Å². The molecule has 25 heavy (non-hydrogen) atoms. The number of allylic oxidation sites excluding steroid dienone is 1. The Balaban J connectivity index is 2.12. The quantitative estimate of drug-likeness (QED) is 0.770. The first kappa shape index (κ1) is 19.0. The molecule has 0 aromatic heterocycles. The number of hydrogen-bond acceptors (Lipinski definition) is 3. The van der Waals surface area contributed by atoms with Gasteiger partial charge < -0.3 is 5.32 Å². The number of nitrogens with one attached hydrogen (secondary N) is 2. The molecule has 0 spiro atoms. The van der Waals surface area contributed by atoms with Crippen LogP contribution in [0, 0.1) is 5.82 Å². The van der Waals surface area contributed by atoms with Gasteiger partial charge in [-0.1, -0.05) is 23.7 Å². The van der Waals surface area contributed by atoms with Crippen LogP contribution in [0.1, 0.15) is 12.5 Å². The molecule has 0 aliphatic carbocycles. The van der Waals surface area contributed by atoms with Gasteiger partial charge in [0.25, 0.3) is 0 Å². The Morgan fingerprint density at radius 1 is 1.16 bits per heavy atom. The summed E-state index contributed by atoms with van der Waals surface area (Å²) in [6.07, 6.45) is 2.39. The average Bonchev–Trinajstić information content (AvgIpc) is 2.49. The fourth-order valence-electron chi connectivity index (χ4n) is 2.06. The fraction of sp³-hybridized carbons (Fsp3) is 0.118. The summed E-state index contributed by atoms with van der Waals surface area (Å²) in [6, 6.07) is 10.2. The molecular weight excluding hydrogens is 367 g/mol. The zero-order valence-electron chi connectivity index (χ0n) is 13.5. The van der Waals surface area contributed by atoms with E-state index in [1.165, 1.54) is 36.4 Å². The molecule has 0 heterocycles. The number of hydrogen-bond donors (Lipinski definition) is 2. The molecule has 8 heteroatoms. The van der Waals surface area contributed by atoms with Crippen LogP contribution in [-0.4, -0.2) is 20.6 Å². The third-order valence-corrected chi connectivity index (χ3v) is 4.10. The van der Waals surface area contributed by atoms with E-state index in [9.17, 15) is 17.6 Å². The summed E-state index contributed by atoms with van der Waals surface area (Å²) in [5.41, 5.74) is 2.01. The number of halogens is 2. The number of amides is 1. The normalized spacial score (nSPS) is 11.9. The van der Waals surface area contributed by atoms with Crippen molar-refractivity contribution in [3.8, 4) is 0 Å². The first-order valence-electron chi connectivity index (χ1n) is 7.16. The smallest absolute Gasteiger partial charge is 0.248 e. The van der Waals surface area contributed by atoms with Crippen molar-refractivity contribution < 1.29 is 17.6 Å². The van der Waals surface area contributed by atoms with Crippen molar-refractivity contribution in [1.82, 2.24) is 0 Å². The van der Waals surface area contributed by atoms with Gasteiger partial charge in [-0.05, 0) is 48.4 Å². The summed E-state index contributed by atoms with van der Waals surface area (Å²) in [5, 5.41) is 2.80. The summed E-state index contributed by atoms with van der Waals surface area (Å²) >= 11 is 6.06. The predicted octanol–water partition coefficient (Wildman–Crippen LogP) is 3.89. The van der Waals surface area contributed by atoms with Gasteiger partial charge in [-0.15, -0.1) is 0 Å². The molecule has 0 atom stereocenters. The molecule has 0 aliphatic rings. The van der Waals surface area contributed by atoms with Crippen LogP contribution in [0.15, 0.2) is 48.5 Å². The Labute approximate surface area is 150 Å². The van der Waals surface area contributed by atoms with E-state index in [1.807, 2.05) is 0 Å². The second kappa shape index (κ2) is 7.67. The van der Waals surface area contributed by atoms with Crippen molar-refractivity contribution >= 4 is 44.5 Å². The number of sulfonamides is 1. The van der Waals surface area contributed by atoms with Crippen molar-refractivity contribution in [3.63, 3.8) is 0 Å². The minimum absolute atomic E-state index is 0.190. The lowest BCUT2D eigenvalue weighted by Crippen LogP contribution is -2.11. The van der Waals surface area contributed by atoms with E-state index in [1.54, 1.807) is 19.1 Å². The van der Waals surface area contributed by atoms with Gasteiger partial charge >= 0.3 is 0 Å². The van der Waals surface area contributed by atoms with Gasteiger partial charge in [0.15, 0.2) is 0 Å². The highest BCUT2D eigenvalue weighted by atomic mass is 35.5. The SMILES string of the molecule is CC(=CC(=O)Nc1ccc(NS(C)(=O)=O)cc1Cl)c1ccc(F)cc1. The molecule has 0 aliphatic heterocycles. The van der Waals surface area contributed by atoms with Crippen LogP contribution in [0.2, 0.25) is 5.02 Å². The molecule has 1 amide bonds. The molecule has 2 N–H and O–H groups in total. The summed E-state index contributed by atoms with van der Waals surface area (Å²) < 4.78 is 37.6. The van der Waals surface area contributed by atoms with Crippen molar-refractivity contribution in [1.29, 1.82) is 0 Å². The lowest BCUT2D eigenvalue weighted by Gasteiger charge is -2.09. The molecule has 0 saturated heterocycles. The molecule has 2 rings (SSSR count). The van der Waals surface area contributed by atoms with E-state index in [-0.39, 0.29) is 10.8 Å². The molecule has 0 unspecified atom stereocenters. The lowest BCUT2D eigenvalue weighted by atomic mass is 10.1. The van der Waals surface area contributed by atoms with Gasteiger partial charge in [-0.25, -0.2) is 12.8 Å². The maximum Gasteiger partial charge on any atom is 0.248 e. The van der Waals surface area contributed by atoms with Crippen molar-refractivity contribution in [3.05, 3.63) is 64.9 Å². The Kier molecular flexibility index (Phi) is 5.81. The van der Waals surface area contributed by atoms with Crippen LogP contribution >= 0.6 is 11.6 Å². The minimum Gasteiger partial charge on any atom is -0.321 e. The first-order valence-corrected chi connectivity index (χ1v) is 9.43. The van der Waals surface area contributed by atoms with Crippen molar-refractivity contribution in [2.45, 2.75) is 6.92 Å². The molecule has 5 nitrogen and oxygen atoms in total. The van der Waals surface area contributed by atoms with E-state index in [4.69, 9.17) is 11.6 Å². The number of rotatable bonds is 5. The molecule has 2 aromatic carbocycles. The number of carbonyl (C=O) groups is 1. The van der Waals surface area contributed by atoms with Gasteiger partial charge in [0, 0.05) is 6.08 Å². The molecule has 132 valence electrons. The van der Waals surface area contributed by atoms with Crippen LogP contribution in [0.4, 0.5) is 15.8 Å². The average molecular weight is 383 g/mol. The van der Waals surface area contributed by atoms with E-state index in [0.29, 0.717) is 16.9 Å². The third kappa shape index (κ3) is 5.88. The maximum atomic E-state index is 12.9. The number of carbonyl (C=O) groups excluding carboxylic acids is 1. The molecular formula is C17H16ClFN2O3S. The molecule has 0 bridgehead atoms. The van der Waals surface area contributed by atoms with Gasteiger partial charge in [0.05, 0.1) is 22.7 Å². The highest BCUT2D eigenvalue weighted by molar-refractivity contribution is 7.92. The highest BCUT2D eigenvalue weighted by Crippen LogP contribution is 2.26. The zero-order valence-corrected chi connectivity index (χ0v) is 15.1. The van der Waals surface area contributed by atoms with Crippen LogP contribution in [0.3, 0.4) is 0 Å². The molecule has 2 aromatic rings. The molecule has 0 fully saturated rings. The van der Waals surface area contributed by atoms with Crippen LogP contribution in [0.25, 0.3) is 5.57 Å². The summed E-state index contributed by atoms with van der Waals surface area (Å²) in [4.78, 5) is 12.1. The van der Waals surface area contributed by atoms with Crippen molar-refractivity contribution in [2.75, 3.05) is 16.3 Å². The second-order valence-corrected chi connectivity index (χ2v) is 7.55. The van der Waals surface area contributed by atoms with Crippen LogP contribution in [0.5, 0.6) is 0 Å². The summed E-state index contributed by atoms with van der Waals surface area (Å²) in [5.74, 6) is -0.761. The Hall–Kier alpha value is -2.38. The lowest BCUT2D eigenvalue weighted by molar-refractivity contribution is -0.111. The Bertz CT molecular complexity index is 925. The number of benzene rings is 2. The molecule has 0 radical (unpaired) electrons. The largest absolute Gasteiger partial charge is 0.321 e. The van der Waals surface area contributed by atoms with Crippen molar-refractivity contribution in [2.24, 2.45) is 0 Å². The topological polar surface area (TPSA) is 75.3 Å². The van der Waals surface area contributed by atoms with E-state index >= 15 is 0 Å². The van der Waals surface area contributed by atoms with Gasteiger partial charge in [-0.3, -0.25) is 9.52 Å². The highest BCUT2D eigenvalue weighted by Gasteiger charge is 2.08. The fourth-order valence-corrected chi connectivity index (χ4v) is 2.84.